The van der Waals surface area contributed by atoms with Gasteiger partial charge >= 0.3 is 0 Å². The van der Waals surface area contributed by atoms with Crippen LogP contribution < -0.4 is 20.7 Å². The first-order chi connectivity index (χ1) is 18.8. The molecule has 5 rings (SSSR count). The number of amides is 2. The molecule has 2 aliphatic heterocycles. The third-order valence-corrected chi connectivity index (χ3v) is 9.49. The highest BCUT2D eigenvalue weighted by molar-refractivity contribution is 8.04. The van der Waals surface area contributed by atoms with Gasteiger partial charge in [-0.2, -0.15) is 9.36 Å². The van der Waals surface area contributed by atoms with Gasteiger partial charge < -0.3 is 25.8 Å². The van der Waals surface area contributed by atoms with E-state index < -0.39 is 41.8 Å². The smallest absolute Gasteiger partial charge is 0.278 e. The van der Waals surface area contributed by atoms with Gasteiger partial charge in [-0.25, -0.2) is 8.96 Å². The number of carbonyl (C=O) groups is 3. The summed E-state index contributed by atoms with van der Waals surface area (Å²) in [5, 5.41) is 20.1. The molecule has 1 saturated heterocycles. The van der Waals surface area contributed by atoms with E-state index >= 15 is 0 Å². The van der Waals surface area contributed by atoms with Crippen LogP contribution in [-0.2, 0) is 26.3 Å². The molecule has 17 heteroatoms. The van der Waals surface area contributed by atoms with Crippen molar-refractivity contribution in [3.8, 4) is 0 Å². The summed E-state index contributed by atoms with van der Waals surface area (Å²) >= 11 is 5.12. The van der Waals surface area contributed by atoms with E-state index in [1.807, 2.05) is 36.1 Å². The van der Waals surface area contributed by atoms with Crippen LogP contribution in [0, 0.1) is 0 Å². The van der Waals surface area contributed by atoms with Gasteiger partial charge in [0.25, 0.3) is 18.7 Å². The number of pyridine rings is 1. The highest BCUT2D eigenvalue weighted by Crippen LogP contribution is 2.41. The highest BCUT2D eigenvalue weighted by Gasteiger charge is 2.53. The zero-order valence-electron chi connectivity index (χ0n) is 19.9. The number of nitrogens with one attached hydrogen (secondary N) is 1. The number of aromatic nitrogens is 3. The number of nitrogens with two attached hydrogens (primary N) is 1. The number of oxime groups is 1. The Kier molecular flexibility index (Phi) is 7.83. The number of nitrogen functional groups attached to an aromatic ring is 1. The molecule has 0 aliphatic carbocycles. The van der Waals surface area contributed by atoms with Crippen LogP contribution >= 0.6 is 46.4 Å². The van der Waals surface area contributed by atoms with Crippen LogP contribution in [0.3, 0.4) is 0 Å². The number of hydrogen-bond acceptors (Lipinski definition) is 13. The van der Waals surface area contributed by atoms with Crippen molar-refractivity contribution >= 4 is 85.1 Å². The summed E-state index contributed by atoms with van der Waals surface area (Å²) in [6, 6.07) is 3.01. The molecule has 39 heavy (non-hydrogen) atoms. The molecule has 3 aromatic rings. The van der Waals surface area contributed by atoms with Crippen molar-refractivity contribution in [3.63, 3.8) is 0 Å². The number of alkyl halides is 1. The van der Waals surface area contributed by atoms with Gasteiger partial charge in [0, 0.05) is 28.1 Å². The molecule has 0 saturated carbocycles. The first-order valence-corrected chi connectivity index (χ1v) is 14.6. The fraction of sp³-hybridized carbons (Fsp3) is 0.227. The molecule has 3 N–H and O–H groups in total. The van der Waals surface area contributed by atoms with E-state index in [9.17, 15) is 23.9 Å². The maximum atomic E-state index is 13.0. The maximum absolute atomic E-state index is 13.0. The number of halogens is 1. The number of thioether (sulfide) groups is 2. The van der Waals surface area contributed by atoms with Gasteiger partial charge in [0.1, 0.15) is 18.5 Å². The van der Waals surface area contributed by atoms with Crippen LogP contribution in [0.4, 0.5) is 9.52 Å². The lowest BCUT2D eigenvalue weighted by atomic mass is 10.0. The Hall–Kier alpha value is -3.54. The number of thiophene rings is 1. The summed E-state index contributed by atoms with van der Waals surface area (Å²) in [5.41, 5.74) is 5.23. The van der Waals surface area contributed by atoms with E-state index in [0.29, 0.717) is 5.57 Å². The SMILES string of the molecule is C[n+]1ccc2sc(S/C=C/C3=C(C(=O)[O-])N4C(=O)[C@@H](NC(=O)/C(=N\OCF)c5nsc(N)n5)[C@H]4SC3)cc2c1. The summed E-state index contributed by atoms with van der Waals surface area (Å²) in [4.78, 5) is 47.1. The Labute approximate surface area is 236 Å². The Morgan fingerprint density at radius 3 is 3.03 bits per heavy atom. The van der Waals surface area contributed by atoms with Crippen molar-refractivity contribution in [2.45, 2.75) is 15.6 Å². The number of aryl methyl sites for hydroxylation is 1. The minimum Gasteiger partial charge on any atom is -0.543 e. The second-order valence-electron chi connectivity index (χ2n) is 8.07. The minimum absolute atomic E-state index is 0.0448. The van der Waals surface area contributed by atoms with E-state index in [4.69, 9.17) is 5.73 Å². The Bertz CT molecular complexity index is 1570. The highest BCUT2D eigenvalue weighted by atomic mass is 32.2. The minimum atomic E-state index is -1.50. The zero-order chi connectivity index (χ0) is 27.7. The first kappa shape index (κ1) is 27.0. The third kappa shape index (κ3) is 5.47. The van der Waals surface area contributed by atoms with Crippen LogP contribution in [0.15, 0.2) is 56.6 Å². The summed E-state index contributed by atoms with van der Waals surface area (Å²) in [7, 11) is 1.95. The van der Waals surface area contributed by atoms with Gasteiger partial charge in [-0.05, 0) is 23.1 Å². The molecule has 202 valence electrons. The molecule has 0 radical (unpaired) electrons. The molecule has 3 aromatic heterocycles. The van der Waals surface area contributed by atoms with E-state index in [0.717, 1.165) is 30.7 Å². The zero-order valence-corrected chi connectivity index (χ0v) is 23.2. The topological polar surface area (TPSA) is 167 Å². The number of allylic oxidation sites excluding steroid dienone is 1. The van der Waals surface area contributed by atoms with Crippen LogP contribution in [0.1, 0.15) is 5.82 Å². The van der Waals surface area contributed by atoms with Crippen molar-refractivity contribution in [2.24, 2.45) is 12.2 Å². The van der Waals surface area contributed by atoms with Crippen LogP contribution in [-0.4, -0.2) is 61.8 Å². The molecular weight excluding hydrogens is 590 g/mol. The number of carboxylic acids is 1. The number of anilines is 1. The molecule has 0 aromatic carbocycles. The van der Waals surface area contributed by atoms with Crippen LogP contribution in [0.25, 0.3) is 10.1 Å². The number of nitrogens with zero attached hydrogens (tertiary/aromatic N) is 5. The summed E-state index contributed by atoms with van der Waals surface area (Å²) in [6.07, 6.45) is 5.64. The molecule has 5 heterocycles. The summed E-state index contributed by atoms with van der Waals surface area (Å²) < 4.78 is 20.5. The number of fused-ring (bicyclic) bond motifs is 2. The Morgan fingerprint density at radius 1 is 1.49 bits per heavy atom. The normalized spacial score (nSPS) is 19.4. The average Bonchev–Trinajstić information content (AvgIpc) is 3.52. The molecule has 2 amide bonds. The number of carbonyl (C=O) groups excluding carboxylic acids is 3. The fourth-order valence-corrected chi connectivity index (χ4v) is 7.59. The van der Waals surface area contributed by atoms with Crippen LogP contribution in [0.5, 0.6) is 0 Å². The van der Waals surface area contributed by atoms with E-state index in [2.05, 4.69) is 24.7 Å². The predicted molar refractivity (Wildman–Crippen MR) is 143 cm³/mol. The monoisotopic (exact) mass is 607 g/mol. The van der Waals surface area contributed by atoms with Crippen molar-refractivity contribution in [3.05, 3.63) is 53.1 Å². The Morgan fingerprint density at radius 2 is 2.31 bits per heavy atom. The molecule has 0 spiro atoms. The molecular formula is C22H18FN7O5S4. The molecule has 12 nitrogen and oxygen atoms in total. The quantitative estimate of drug-likeness (QED) is 0.115. The van der Waals surface area contributed by atoms with Gasteiger partial charge in [-0.1, -0.05) is 16.9 Å². The van der Waals surface area contributed by atoms with Gasteiger partial charge in [-0.3, -0.25) is 14.5 Å². The number of rotatable bonds is 9. The van der Waals surface area contributed by atoms with Crippen molar-refractivity contribution in [2.75, 3.05) is 18.3 Å². The first-order valence-electron chi connectivity index (χ1n) is 11.0. The standard InChI is InChI=1S/C22H18FN7O5S4/c1-29-4-2-12-11(7-29)6-13(38-12)36-5-3-10-8-37-20-15(19(32)30(20)16(10)21(33)34)25-18(31)14(27-35-9-23)17-26-22(24)39-28-17/h2-7,15,20H,8-9H2,1H3,(H3-,24,25,26,28,31,33,34)/b5-3+,27-14-/t15-,20-/m1/s1. The molecule has 0 unspecified atom stereocenters. The molecule has 2 atom stereocenters. The van der Waals surface area contributed by atoms with Gasteiger partial charge in [0.15, 0.2) is 17.5 Å². The number of aliphatic carboxylic acids is 1. The maximum Gasteiger partial charge on any atom is 0.278 e. The van der Waals surface area contributed by atoms with E-state index in [1.54, 1.807) is 22.8 Å². The Balaban J connectivity index is 1.30. The van der Waals surface area contributed by atoms with Crippen molar-refractivity contribution in [1.29, 1.82) is 0 Å². The largest absolute Gasteiger partial charge is 0.543 e. The molecule has 2 aliphatic rings. The average molecular weight is 608 g/mol. The summed E-state index contributed by atoms with van der Waals surface area (Å²) in [6.45, 7) is -1.30. The van der Waals surface area contributed by atoms with Gasteiger partial charge in [0.05, 0.1) is 21.3 Å². The van der Waals surface area contributed by atoms with Crippen LogP contribution in [0.2, 0.25) is 0 Å². The lowest BCUT2D eigenvalue weighted by Crippen LogP contribution is -2.71. The fourth-order valence-electron chi connectivity index (χ4n) is 3.89. The number of hydrogen-bond donors (Lipinski definition) is 2. The molecule has 1 fully saturated rings. The lowest BCUT2D eigenvalue weighted by molar-refractivity contribution is -0.670. The lowest BCUT2D eigenvalue weighted by Gasteiger charge is -2.50. The number of carboxylic acid groups (broad SMARTS) is 1. The summed E-state index contributed by atoms with van der Waals surface area (Å²) in [5.74, 6) is -2.99. The van der Waals surface area contributed by atoms with Gasteiger partial charge in [-0.15, -0.1) is 23.1 Å². The molecule has 0 bridgehead atoms. The second-order valence-corrected chi connectivity index (χ2v) is 12.3. The van der Waals surface area contributed by atoms with Gasteiger partial charge in [0.2, 0.25) is 11.5 Å². The second kappa shape index (κ2) is 11.3. The number of β-lactam (4-membered cyclic amide) rings is 1. The van der Waals surface area contributed by atoms with Crippen molar-refractivity contribution in [1.82, 2.24) is 19.6 Å². The third-order valence-electron chi connectivity index (χ3n) is 5.58. The van der Waals surface area contributed by atoms with E-state index in [1.165, 1.54) is 23.5 Å². The predicted octanol–water partition coefficient (Wildman–Crippen LogP) is 0.517. The van der Waals surface area contributed by atoms with Crippen molar-refractivity contribution < 1.29 is 33.3 Å². The van der Waals surface area contributed by atoms with E-state index in [-0.39, 0.29) is 22.4 Å².